The first-order valence-corrected chi connectivity index (χ1v) is 12.3. The lowest BCUT2D eigenvalue weighted by Gasteiger charge is -2.10. The number of methoxy groups -OCH3 is 1. The van der Waals surface area contributed by atoms with E-state index in [1.807, 2.05) is 0 Å². The third-order valence-corrected chi connectivity index (χ3v) is 8.47. The summed E-state index contributed by atoms with van der Waals surface area (Å²) in [6.45, 7) is 0. The molecule has 0 bridgehead atoms. The van der Waals surface area contributed by atoms with Gasteiger partial charge in [0.05, 0.1) is 15.8 Å². The molecule has 148 valence electrons. The van der Waals surface area contributed by atoms with Crippen LogP contribution in [0, 0.1) is 0 Å². The maximum Gasteiger partial charge on any atom is 0.271 e. The molecule has 0 radical (unpaired) electrons. The second-order valence-corrected chi connectivity index (χ2v) is 11.6. The molecule has 3 aromatic rings. The van der Waals surface area contributed by atoms with Crippen LogP contribution in [0.4, 0.5) is 11.4 Å². The van der Waals surface area contributed by atoms with Crippen LogP contribution < -0.4 is 14.2 Å². The molecule has 2 N–H and O–H groups in total. The van der Waals surface area contributed by atoms with E-state index >= 15 is 0 Å². The largest absolute Gasteiger partial charge is 0.497 e. The van der Waals surface area contributed by atoms with Crippen molar-refractivity contribution in [2.45, 2.75) is 9.10 Å². The van der Waals surface area contributed by atoms with Gasteiger partial charge in [0.25, 0.3) is 20.0 Å². The zero-order chi connectivity index (χ0) is 20.4. The first-order valence-electron chi connectivity index (χ1n) is 7.75. The van der Waals surface area contributed by atoms with Gasteiger partial charge in [-0.25, -0.2) is 16.8 Å². The van der Waals surface area contributed by atoms with E-state index in [2.05, 4.69) is 25.4 Å². The summed E-state index contributed by atoms with van der Waals surface area (Å²) in [4.78, 5) is 0.00475. The van der Waals surface area contributed by atoms with Crippen LogP contribution in [-0.4, -0.2) is 23.9 Å². The summed E-state index contributed by atoms with van der Waals surface area (Å²) in [5, 5.41) is 0. The fourth-order valence-electron chi connectivity index (χ4n) is 2.22. The Morgan fingerprint density at radius 2 is 1.32 bits per heavy atom. The Labute approximate surface area is 175 Å². The van der Waals surface area contributed by atoms with Crippen molar-refractivity contribution in [2.24, 2.45) is 0 Å². The van der Waals surface area contributed by atoms with E-state index in [0.29, 0.717) is 15.2 Å². The van der Waals surface area contributed by atoms with Crippen molar-refractivity contribution in [3.63, 3.8) is 0 Å². The van der Waals surface area contributed by atoms with Gasteiger partial charge >= 0.3 is 0 Å². The van der Waals surface area contributed by atoms with Crippen LogP contribution in [0.3, 0.4) is 0 Å². The van der Waals surface area contributed by atoms with Gasteiger partial charge in [-0.3, -0.25) is 9.44 Å². The second-order valence-electron chi connectivity index (χ2n) is 5.52. The first-order chi connectivity index (χ1) is 13.2. The summed E-state index contributed by atoms with van der Waals surface area (Å²) < 4.78 is 60.4. The minimum absolute atomic E-state index is 0.00475. The Balaban J connectivity index is 1.75. The van der Waals surface area contributed by atoms with Gasteiger partial charge in [0, 0.05) is 11.4 Å². The van der Waals surface area contributed by atoms with Gasteiger partial charge < -0.3 is 4.74 Å². The molecule has 0 saturated carbocycles. The van der Waals surface area contributed by atoms with Crippen molar-refractivity contribution in [3.8, 4) is 5.75 Å². The highest BCUT2D eigenvalue weighted by Crippen LogP contribution is 2.28. The maximum atomic E-state index is 12.5. The molecule has 0 aliphatic rings. The lowest BCUT2D eigenvalue weighted by Crippen LogP contribution is -2.14. The number of nitrogens with one attached hydrogen (secondary N) is 2. The highest BCUT2D eigenvalue weighted by molar-refractivity contribution is 9.11. The molecular weight excluding hydrogens is 488 g/mol. The van der Waals surface area contributed by atoms with Gasteiger partial charge in [-0.2, -0.15) is 0 Å². The lowest BCUT2D eigenvalue weighted by molar-refractivity contribution is 0.415. The Kier molecular flexibility index (Phi) is 5.98. The molecular formula is C17H15BrN2O5S3. The normalized spacial score (nSPS) is 11.8. The van der Waals surface area contributed by atoms with E-state index in [4.69, 9.17) is 4.74 Å². The fourth-order valence-corrected chi connectivity index (χ4v) is 6.35. The first kappa shape index (κ1) is 20.6. The molecule has 0 fully saturated rings. The van der Waals surface area contributed by atoms with Crippen LogP contribution in [0.1, 0.15) is 0 Å². The highest BCUT2D eigenvalue weighted by atomic mass is 79.9. The number of ether oxygens (including phenoxy) is 1. The van der Waals surface area contributed by atoms with Crippen LogP contribution in [0.25, 0.3) is 0 Å². The topological polar surface area (TPSA) is 102 Å². The average molecular weight is 503 g/mol. The van der Waals surface area contributed by atoms with Crippen molar-refractivity contribution in [2.75, 3.05) is 16.6 Å². The molecule has 0 aliphatic carbocycles. The van der Waals surface area contributed by atoms with E-state index < -0.39 is 20.0 Å². The Morgan fingerprint density at radius 3 is 1.82 bits per heavy atom. The summed E-state index contributed by atoms with van der Waals surface area (Å²) in [6.07, 6.45) is 0. The Bertz CT molecular complexity index is 1170. The SMILES string of the molecule is COc1ccc(NS(=O)(=O)c2ccc(NS(=O)(=O)c3ccc(Br)s3)cc2)cc1. The van der Waals surface area contributed by atoms with Crippen molar-refractivity contribution < 1.29 is 21.6 Å². The van der Waals surface area contributed by atoms with Crippen molar-refractivity contribution in [1.29, 1.82) is 0 Å². The molecule has 1 aromatic heterocycles. The molecule has 0 unspecified atom stereocenters. The monoisotopic (exact) mass is 502 g/mol. The quantitative estimate of drug-likeness (QED) is 0.505. The summed E-state index contributed by atoms with van der Waals surface area (Å²) in [5.41, 5.74) is 0.641. The third kappa shape index (κ3) is 4.85. The van der Waals surface area contributed by atoms with Gasteiger partial charge in [-0.05, 0) is 76.6 Å². The van der Waals surface area contributed by atoms with E-state index in [9.17, 15) is 16.8 Å². The number of hydrogen-bond donors (Lipinski definition) is 2. The van der Waals surface area contributed by atoms with Gasteiger partial charge in [-0.15, -0.1) is 11.3 Å². The Hall–Kier alpha value is -2.08. The number of anilines is 2. The molecule has 0 amide bonds. The van der Waals surface area contributed by atoms with Gasteiger partial charge in [-0.1, -0.05) is 0 Å². The molecule has 1 heterocycles. The van der Waals surface area contributed by atoms with Crippen LogP contribution in [0.2, 0.25) is 0 Å². The summed E-state index contributed by atoms with van der Waals surface area (Å²) in [7, 11) is -6.03. The Morgan fingerprint density at radius 1 is 0.786 bits per heavy atom. The standard InChI is InChI=1S/C17H15BrN2O5S3/c1-25-14-6-2-12(3-7-14)19-27(21,22)15-8-4-13(5-9-15)20-28(23,24)17-11-10-16(18)26-17/h2-11,19-20H,1H3. The third-order valence-electron chi connectivity index (χ3n) is 3.57. The molecule has 7 nitrogen and oxygen atoms in total. The van der Waals surface area contributed by atoms with E-state index in [-0.39, 0.29) is 14.8 Å². The predicted octanol–water partition coefficient (Wildman–Crippen LogP) is 4.12. The number of halogens is 1. The minimum atomic E-state index is -3.81. The molecule has 0 atom stereocenters. The smallest absolute Gasteiger partial charge is 0.271 e. The van der Waals surface area contributed by atoms with Crippen LogP contribution in [-0.2, 0) is 20.0 Å². The van der Waals surface area contributed by atoms with Gasteiger partial charge in [0.2, 0.25) is 0 Å². The van der Waals surface area contributed by atoms with Crippen molar-refractivity contribution >= 4 is 58.7 Å². The molecule has 28 heavy (non-hydrogen) atoms. The minimum Gasteiger partial charge on any atom is -0.497 e. The van der Waals surface area contributed by atoms with Crippen LogP contribution in [0.15, 0.2) is 73.6 Å². The maximum absolute atomic E-state index is 12.5. The lowest BCUT2D eigenvalue weighted by atomic mass is 10.3. The van der Waals surface area contributed by atoms with Crippen molar-refractivity contribution in [1.82, 2.24) is 0 Å². The molecule has 3 rings (SSSR count). The number of hydrogen-bond acceptors (Lipinski definition) is 6. The highest BCUT2D eigenvalue weighted by Gasteiger charge is 2.18. The summed E-state index contributed by atoms with van der Waals surface area (Å²) >= 11 is 4.30. The molecule has 2 aromatic carbocycles. The average Bonchev–Trinajstić information content (AvgIpc) is 3.10. The molecule has 0 aliphatic heterocycles. The fraction of sp³-hybridized carbons (Fsp3) is 0.0588. The zero-order valence-electron chi connectivity index (χ0n) is 14.4. The van der Waals surface area contributed by atoms with E-state index in [1.165, 1.54) is 37.4 Å². The van der Waals surface area contributed by atoms with Crippen LogP contribution >= 0.6 is 27.3 Å². The predicted molar refractivity (Wildman–Crippen MR) is 113 cm³/mol. The van der Waals surface area contributed by atoms with Gasteiger partial charge in [0.1, 0.15) is 9.96 Å². The second kappa shape index (κ2) is 8.11. The molecule has 11 heteroatoms. The zero-order valence-corrected chi connectivity index (χ0v) is 18.5. The molecule has 0 saturated heterocycles. The number of benzene rings is 2. The summed E-state index contributed by atoms with van der Waals surface area (Å²) in [6, 6.07) is 15.0. The van der Waals surface area contributed by atoms with Crippen LogP contribution in [0.5, 0.6) is 5.75 Å². The summed E-state index contributed by atoms with van der Waals surface area (Å²) in [5.74, 6) is 0.609. The van der Waals surface area contributed by atoms with E-state index in [0.717, 1.165) is 11.3 Å². The number of sulfonamides is 2. The molecule has 0 spiro atoms. The van der Waals surface area contributed by atoms with Crippen molar-refractivity contribution in [3.05, 3.63) is 64.5 Å². The van der Waals surface area contributed by atoms with Gasteiger partial charge in [0.15, 0.2) is 0 Å². The number of thiophene rings is 1. The van der Waals surface area contributed by atoms with E-state index in [1.54, 1.807) is 30.3 Å². The number of rotatable bonds is 7.